The van der Waals surface area contributed by atoms with Gasteiger partial charge in [0.1, 0.15) is 11.3 Å². The lowest BCUT2D eigenvalue weighted by Crippen LogP contribution is -2.08. The molecule has 0 radical (unpaired) electrons. The largest absolute Gasteiger partial charge is 0.467 e. The Hall–Kier alpha value is -0.770. The van der Waals surface area contributed by atoms with E-state index < -0.39 is 0 Å². The monoisotopic (exact) mass is 286 g/mol. The first-order chi connectivity index (χ1) is 7.76. The third-order valence-electron chi connectivity index (χ3n) is 2.75. The molecule has 0 aliphatic heterocycles. The Labute approximate surface area is 103 Å². The van der Waals surface area contributed by atoms with E-state index in [2.05, 4.69) is 15.9 Å². The van der Waals surface area contributed by atoms with Crippen LogP contribution in [0.15, 0.2) is 10.7 Å². The van der Waals surface area contributed by atoms with Gasteiger partial charge in [0.05, 0.1) is 18.2 Å². The second kappa shape index (κ2) is 5.04. The number of halogens is 1. The van der Waals surface area contributed by atoms with Gasteiger partial charge in [-0.2, -0.15) is 0 Å². The van der Waals surface area contributed by atoms with Crippen LogP contribution in [0.2, 0.25) is 0 Å². The molecule has 3 nitrogen and oxygen atoms in total. The highest BCUT2D eigenvalue weighted by Gasteiger charge is 2.27. The van der Waals surface area contributed by atoms with Gasteiger partial charge in [0.15, 0.2) is 0 Å². The molecule has 1 aromatic rings. The molecule has 88 valence electrons. The van der Waals surface area contributed by atoms with Gasteiger partial charge in [-0.15, -0.1) is 0 Å². The Kier molecular flexibility index (Phi) is 3.69. The van der Waals surface area contributed by atoms with Gasteiger partial charge in [0, 0.05) is 5.56 Å². The number of alkyl halides is 1. The van der Waals surface area contributed by atoms with E-state index in [9.17, 15) is 4.79 Å². The summed E-state index contributed by atoms with van der Waals surface area (Å²) in [6.45, 7) is 2.21. The zero-order valence-electron chi connectivity index (χ0n) is 9.29. The van der Waals surface area contributed by atoms with Crippen LogP contribution < -0.4 is 0 Å². The molecule has 0 unspecified atom stereocenters. The summed E-state index contributed by atoms with van der Waals surface area (Å²) in [7, 11) is 0. The Balaban J connectivity index is 2.22. The molecular formula is C12H15BrO3. The highest BCUT2D eigenvalue weighted by molar-refractivity contribution is 9.08. The molecule has 0 spiro atoms. The van der Waals surface area contributed by atoms with Gasteiger partial charge >= 0.3 is 5.97 Å². The fraction of sp³-hybridized carbons (Fsp3) is 0.583. The standard InChI is InChI=1S/C12H15BrO3/c1-2-15-12(14)11-9(5-8-3-4-8)7-16-10(11)6-13/h7-8H,2-6H2,1H3. The number of furan rings is 1. The Morgan fingerprint density at radius 1 is 1.62 bits per heavy atom. The normalized spacial score (nSPS) is 15.1. The summed E-state index contributed by atoms with van der Waals surface area (Å²) in [5.74, 6) is 1.14. The second-order valence-corrected chi connectivity index (χ2v) is 4.62. The molecule has 0 atom stereocenters. The van der Waals surface area contributed by atoms with Gasteiger partial charge in [-0.1, -0.05) is 15.9 Å². The Morgan fingerprint density at radius 3 is 2.94 bits per heavy atom. The van der Waals surface area contributed by atoms with Crippen molar-refractivity contribution in [3.05, 3.63) is 23.2 Å². The van der Waals surface area contributed by atoms with Crippen molar-refractivity contribution in [2.45, 2.75) is 31.5 Å². The van der Waals surface area contributed by atoms with Crippen LogP contribution >= 0.6 is 15.9 Å². The molecule has 1 saturated carbocycles. The summed E-state index contributed by atoms with van der Waals surface area (Å²) in [4.78, 5) is 11.8. The van der Waals surface area contributed by atoms with Crippen LogP contribution in [-0.2, 0) is 16.5 Å². The smallest absolute Gasteiger partial charge is 0.342 e. The number of hydrogen-bond donors (Lipinski definition) is 0. The molecule has 0 aromatic carbocycles. The van der Waals surface area contributed by atoms with Crippen molar-refractivity contribution in [2.75, 3.05) is 6.61 Å². The lowest BCUT2D eigenvalue weighted by atomic mass is 10.1. The van der Waals surface area contributed by atoms with Crippen molar-refractivity contribution in [3.8, 4) is 0 Å². The number of ether oxygens (including phenoxy) is 1. The molecule has 0 N–H and O–H groups in total. The van der Waals surface area contributed by atoms with E-state index >= 15 is 0 Å². The average Bonchev–Trinajstić information content (AvgIpc) is 2.97. The minimum atomic E-state index is -0.263. The summed E-state index contributed by atoms with van der Waals surface area (Å²) in [6.07, 6.45) is 5.15. The maximum atomic E-state index is 11.8. The van der Waals surface area contributed by atoms with Gasteiger partial charge in [-0.3, -0.25) is 0 Å². The van der Waals surface area contributed by atoms with Gasteiger partial charge in [0.2, 0.25) is 0 Å². The van der Waals surface area contributed by atoms with Crippen molar-refractivity contribution >= 4 is 21.9 Å². The molecule has 1 fully saturated rings. The molecule has 16 heavy (non-hydrogen) atoms. The van der Waals surface area contributed by atoms with Crippen molar-refractivity contribution in [2.24, 2.45) is 5.92 Å². The number of rotatable bonds is 5. The summed E-state index contributed by atoms with van der Waals surface area (Å²) < 4.78 is 10.4. The van der Waals surface area contributed by atoms with E-state index in [1.54, 1.807) is 6.26 Å². The minimum Gasteiger partial charge on any atom is -0.467 e. The number of esters is 1. The van der Waals surface area contributed by atoms with Crippen molar-refractivity contribution < 1.29 is 13.9 Å². The Morgan fingerprint density at radius 2 is 2.38 bits per heavy atom. The first-order valence-corrected chi connectivity index (χ1v) is 6.70. The van der Waals surface area contributed by atoms with E-state index in [1.165, 1.54) is 12.8 Å². The highest BCUT2D eigenvalue weighted by Crippen LogP contribution is 2.35. The number of carbonyl (C=O) groups is 1. The van der Waals surface area contributed by atoms with Gasteiger partial charge in [0.25, 0.3) is 0 Å². The lowest BCUT2D eigenvalue weighted by molar-refractivity contribution is 0.0523. The summed E-state index contributed by atoms with van der Waals surface area (Å²) >= 11 is 3.32. The molecule has 2 rings (SSSR count). The van der Waals surface area contributed by atoms with Crippen molar-refractivity contribution in [1.82, 2.24) is 0 Å². The van der Waals surface area contributed by atoms with E-state index in [-0.39, 0.29) is 5.97 Å². The zero-order chi connectivity index (χ0) is 11.5. The summed E-state index contributed by atoms with van der Waals surface area (Å²) in [5.41, 5.74) is 1.63. The first-order valence-electron chi connectivity index (χ1n) is 5.58. The van der Waals surface area contributed by atoms with Crippen LogP contribution in [0.25, 0.3) is 0 Å². The van der Waals surface area contributed by atoms with Gasteiger partial charge < -0.3 is 9.15 Å². The molecule has 0 amide bonds. The van der Waals surface area contributed by atoms with Crippen LogP contribution in [0.5, 0.6) is 0 Å². The molecule has 1 aromatic heterocycles. The van der Waals surface area contributed by atoms with E-state index in [0.29, 0.717) is 23.3 Å². The maximum Gasteiger partial charge on any atom is 0.342 e. The fourth-order valence-corrected chi connectivity index (χ4v) is 2.18. The molecule has 4 heteroatoms. The summed E-state index contributed by atoms with van der Waals surface area (Å²) in [5, 5.41) is 0.547. The van der Waals surface area contributed by atoms with Crippen molar-refractivity contribution in [1.29, 1.82) is 0 Å². The van der Waals surface area contributed by atoms with Gasteiger partial charge in [-0.25, -0.2) is 4.79 Å². The topological polar surface area (TPSA) is 39.4 Å². The third kappa shape index (κ3) is 2.48. The molecule has 1 aliphatic rings. The first kappa shape index (κ1) is 11.7. The SMILES string of the molecule is CCOC(=O)c1c(CC2CC2)coc1CBr. The second-order valence-electron chi connectivity index (χ2n) is 4.06. The molecule has 0 saturated heterocycles. The molecule has 1 heterocycles. The molecular weight excluding hydrogens is 272 g/mol. The quantitative estimate of drug-likeness (QED) is 0.616. The third-order valence-corrected chi connectivity index (χ3v) is 3.26. The zero-order valence-corrected chi connectivity index (χ0v) is 10.9. The summed E-state index contributed by atoms with van der Waals surface area (Å²) in [6, 6.07) is 0. The number of carbonyl (C=O) groups excluding carboxylic acids is 1. The molecule has 0 bridgehead atoms. The predicted molar refractivity (Wildman–Crippen MR) is 63.7 cm³/mol. The maximum absolute atomic E-state index is 11.8. The lowest BCUT2D eigenvalue weighted by Gasteiger charge is -2.03. The van der Waals surface area contributed by atoms with E-state index in [4.69, 9.17) is 9.15 Å². The number of hydrogen-bond acceptors (Lipinski definition) is 3. The minimum absolute atomic E-state index is 0.263. The Bertz CT molecular complexity index is 380. The average molecular weight is 287 g/mol. The fourth-order valence-electron chi connectivity index (χ4n) is 1.77. The van der Waals surface area contributed by atoms with Crippen LogP contribution in [0.3, 0.4) is 0 Å². The van der Waals surface area contributed by atoms with Crippen LogP contribution in [0.1, 0.15) is 41.4 Å². The van der Waals surface area contributed by atoms with E-state index in [0.717, 1.165) is 17.9 Å². The van der Waals surface area contributed by atoms with Gasteiger partial charge in [-0.05, 0) is 32.1 Å². The van der Waals surface area contributed by atoms with Crippen molar-refractivity contribution in [3.63, 3.8) is 0 Å². The van der Waals surface area contributed by atoms with Crippen LogP contribution in [0, 0.1) is 5.92 Å². The predicted octanol–water partition coefficient (Wildman–Crippen LogP) is 3.30. The molecule has 1 aliphatic carbocycles. The van der Waals surface area contributed by atoms with Crippen LogP contribution in [-0.4, -0.2) is 12.6 Å². The van der Waals surface area contributed by atoms with E-state index in [1.807, 2.05) is 6.92 Å². The highest BCUT2D eigenvalue weighted by atomic mass is 79.9. The van der Waals surface area contributed by atoms with Crippen LogP contribution in [0.4, 0.5) is 0 Å².